The van der Waals surface area contributed by atoms with Crippen molar-refractivity contribution in [2.75, 3.05) is 0 Å². The number of fused-ring (bicyclic) bond motifs is 1. The van der Waals surface area contributed by atoms with Crippen molar-refractivity contribution in [1.29, 1.82) is 0 Å². The van der Waals surface area contributed by atoms with Gasteiger partial charge in [-0.05, 0) is 30.4 Å². The van der Waals surface area contributed by atoms with E-state index in [1.807, 2.05) is 53.9 Å². The van der Waals surface area contributed by atoms with Crippen molar-refractivity contribution in [3.8, 4) is 21.8 Å². The lowest BCUT2D eigenvalue weighted by Crippen LogP contribution is -2.32. The van der Waals surface area contributed by atoms with Crippen molar-refractivity contribution in [3.63, 3.8) is 0 Å². The molecule has 28 heavy (non-hydrogen) atoms. The van der Waals surface area contributed by atoms with E-state index in [0.29, 0.717) is 22.4 Å². The normalized spacial score (nSPS) is 14.6. The van der Waals surface area contributed by atoms with Crippen LogP contribution in [0.2, 0.25) is 0 Å². The SMILES string of the molecule is O=C(NC1CCCC1)c1cc(-c2cccs2)nc2onc(-c3ccccc3)c12. The Balaban J connectivity index is 1.67. The smallest absolute Gasteiger partial charge is 0.259 e. The number of carbonyl (C=O) groups is 1. The summed E-state index contributed by atoms with van der Waals surface area (Å²) in [6, 6.07) is 15.8. The molecule has 1 N–H and O–H groups in total. The average molecular weight is 389 g/mol. The number of aromatic nitrogens is 2. The highest BCUT2D eigenvalue weighted by Crippen LogP contribution is 2.34. The van der Waals surface area contributed by atoms with Crippen LogP contribution in [0.1, 0.15) is 36.0 Å². The number of carbonyl (C=O) groups excluding carboxylic acids is 1. The zero-order chi connectivity index (χ0) is 18.9. The Morgan fingerprint density at radius 1 is 1.11 bits per heavy atom. The van der Waals surface area contributed by atoms with Crippen molar-refractivity contribution in [2.24, 2.45) is 0 Å². The van der Waals surface area contributed by atoms with Crippen LogP contribution in [0.15, 0.2) is 58.4 Å². The number of thiophene rings is 1. The number of nitrogens with one attached hydrogen (secondary N) is 1. The van der Waals surface area contributed by atoms with E-state index in [4.69, 9.17) is 4.52 Å². The maximum absolute atomic E-state index is 13.2. The molecule has 0 atom stereocenters. The molecule has 3 heterocycles. The predicted molar refractivity (Wildman–Crippen MR) is 110 cm³/mol. The Bertz CT molecular complexity index is 1110. The van der Waals surface area contributed by atoms with Crippen molar-refractivity contribution < 1.29 is 9.32 Å². The van der Waals surface area contributed by atoms with Gasteiger partial charge in [0.25, 0.3) is 11.6 Å². The Hall–Kier alpha value is -2.99. The number of amides is 1. The molecule has 0 aliphatic heterocycles. The van der Waals surface area contributed by atoms with Crippen molar-refractivity contribution in [3.05, 3.63) is 59.5 Å². The van der Waals surface area contributed by atoms with Crippen molar-refractivity contribution in [1.82, 2.24) is 15.5 Å². The molecule has 4 aromatic rings. The fourth-order valence-electron chi connectivity index (χ4n) is 3.81. The van der Waals surface area contributed by atoms with Crippen LogP contribution in [0, 0.1) is 0 Å². The van der Waals surface area contributed by atoms with Crippen LogP contribution in [0.3, 0.4) is 0 Å². The van der Waals surface area contributed by atoms with Gasteiger partial charge in [-0.1, -0.05) is 54.4 Å². The van der Waals surface area contributed by atoms with Crippen LogP contribution in [0.4, 0.5) is 0 Å². The van der Waals surface area contributed by atoms with Gasteiger partial charge in [0.15, 0.2) is 0 Å². The first kappa shape index (κ1) is 17.1. The van der Waals surface area contributed by atoms with Crippen LogP contribution in [0.25, 0.3) is 32.9 Å². The fraction of sp³-hybridized carbons (Fsp3) is 0.227. The van der Waals surface area contributed by atoms with Gasteiger partial charge in [-0.2, -0.15) is 0 Å². The molecule has 1 amide bonds. The van der Waals surface area contributed by atoms with Gasteiger partial charge in [0.1, 0.15) is 5.69 Å². The third-order valence-corrected chi connectivity index (χ3v) is 6.09. The topological polar surface area (TPSA) is 68.0 Å². The minimum atomic E-state index is -0.0857. The van der Waals surface area contributed by atoms with Gasteiger partial charge >= 0.3 is 0 Å². The Morgan fingerprint density at radius 2 is 1.93 bits per heavy atom. The summed E-state index contributed by atoms with van der Waals surface area (Å²) in [6.45, 7) is 0. The summed E-state index contributed by atoms with van der Waals surface area (Å²) in [5, 5.41) is 10.1. The van der Waals surface area contributed by atoms with Crippen molar-refractivity contribution >= 4 is 28.3 Å². The summed E-state index contributed by atoms with van der Waals surface area (Å²) < 4.78 is 5.57. The first-order valence-electron chi connectivity index (χ1n) is 9.50. The minimum absolute atomic E-state index is 0.0857. The molecule has 3 aromatic heterocycles. The lowest BCUT2D eigenvalue weighted by atomic mass is 10.0. The highest BCUT2D eigenvalue weighted by Gasteiger charge is 2.24. The quantitative estimate of drug-likeness (QED) is 0.515. The third-order valence-electron chi connectivity index (χ3n) is 5.20. The van der Waals surface area contributed by atoms with Crippen LogP contribution < -0.4 is 5.32 Å². The van der Waals surface area contributed by atoms with Crippen LogP contribution >= 0.6 is 11.3 Å². The molecule has 0 unspecified atom stereocenters. The molecule has 5 rings (SSSR count). The summed E-state index contributed by atoms with van der Waals surface area (Å²) in [4.78, 5) is 18.8. The lowest BCUT2D eigenvalue weighted by Gasteiger charge is -2.13. The zero-order valence-corrected chi connectivity index (χ0v) is 16.0. The molecular formula is C22H19N3O2S. The molecular weight excluding hydrogens is 370 g/mol. The van der Waals surface area contributed by atoms with E-state index in [1.54, 1.807) is 11.3 Å². The summed E-state index contributed by atoms with van der Waals surface area (Å²) in [7, 11) is 0. The number of hydrogen-bond acceptors (Lipinski definition) is 5. The van der Waals surface area contributed by atoms with Crippen LogP contribution in [0.5, 0.6) is 0 Å². The van der Waals surface area contributed by atoms with E-state index in [0.717, 1.165) is 29.0 Å². The second-order valence-corrected chi connectivity index (χ2v) is 8.01. The number of pyridine rings is 1. The highest BCUT2D eigenvalue weighted by atomic mass is 32.1. The zero-order valence-electron chi connectivity index (χ0n) is 15.2. The molecule has 140 valence electrons. The summed E-state index contributed by atoms with van der Waals surface area (Å²) >= 11 is 1.58. The Morgan fingerprint density at radius 3 is 2.68 bits per heavy atom. The molecule has 5 nitrogen and oxygen atoms in total. The number of rotatable bonds is 4. The molecule has 1 aliphatic rings. The van der Waals surface area contributed by atoms with Gasteiger partial charge in [0.05, 0.1) is 21.5 Å². The van der Waals surface area contributed by atoms with Gasteiger partial charge in [-0.15, -0.1) is 11.3 Å². The fourth-order valence-corrected chi connectivity index (χ4v) is 4.49. The van der Waals surface area contributed by atoms with Gasteiger partial charge in [-0.25, -0.2) is 4.98 Å². The Kier molecular flexibility index (Phi) is 4.41. The minimum Gasteiger partial charge on any atom is -0.349 e. The first-order chi connectivity index (χ1) is 13.8. The molecule has 0 radical (unpaired) electrons. The number of nitrogens with zero attached hydrogens (tertiary/aromatic N) is 2. The molecule has 1 saturated carbocycles. The van der Waals surface area contributed by atoms with E-state index in [2.05, 4.69) is 15.5 Å². The lowest BCUT2D eigenvalue weighted by molar-refractivity contribution is 0.0939. The maximum Gasteiger partial charge on any atom is 0.259 e. The summed E-state index contributed by atoms with van der Waals surface area (Å²) in [5.41, 5.74) is 3.25. The van der Waals surface area contributed by atoms with Crippen molar-refractivity contribution in [2.45, 2.75) is 31.7 Å². The van der Waals surface area contributed by atoms with Gasteiger partial charge in [-0.3, -0.25) is 4.79 Å². The van der Waals surface area contributed by atoms with Gasteiger partial charge in [0.2, 0.25) is 0 Å². The molecule has 0 saturated heterocycles. The molecule has 1 fully saturated rings. The molecule has 6 heteroatoms. The Labute approximate surface area is 166 Å². The standard InChI is InChI=1S/C22H19N3O2S/c26-21(23-15-9-4-5-10-15)16-13-17(18-11-6-12-28-18)24-22-19(16)20(25-27-22)14-7-2-1-3-8-14/h1-3,6-8,11-13,15H,4-5,9-10H2,(H,23,26). The maximum atomic E-state index is 13.2. The highest BCUT2D eigenvalue weighted by molar-refractivity contribution is 7.13. The van der Waals surface area contributed by atoms with Crippen LogP contribution in [-0.2, 0) is 0 Å². The molecule has 0 spiro atoms. The summed E-state index contributed by atoms with van der Waals surface area (Å²) in [5.74, 6) is -0.0857. The van der Waals surface area contributed by atoms with Gasteiger partial charge in [0, 0.05) is 11.6 Å². The van der Waals surface area contributed by atoms with E-state index in [-0.39, 0.29) is 11.9 Å². The first-order valence-corrected chi connectivity index (χ1v) is 10.4. The number of benzene rings is 1. The predicted octanol–water partition coefficient (Wildman–Crippen LogP) is 5.29. The van der Waals surface area contributed by atoms with E-state index in [9.17, 15) is 4.79 Å². The van der Waals surface area contributed by atoms with E-state index in [1.165, 1.54) is 12.8 Å². The van der Waals surface area contributed by atoms with Gasteiger partial charge < -0.3 is 9.84 Å². The monoisotopic (exact) mass is 389 g/mol. The summed E-state index contributed by atoms with van der Waals surface area (Å²) in [6.07, 6.45) is 4.40. The number of hydrogen-bond donors (Lipinski definition) is 1. The molecule has 1 aromatic carbocycles. The second kappa shape index (κ2) is 7.20. The van der Waals surface area contributed by atoms with E-state index < -0.39 is 0 Å². The third kappa shape index (κ3) is 3.10. The second-order valence-electron chi connectivity index (χ2n) is 7.06. The van der Waals surface area contributed by atoms with Crippen LogP contribution in [-0.4, -0.2) is 22.1 Å². The largest absolute Gasteiger partial charge is 0.349 e. The van der Waals surface area contributed by atoms with E-state index >= 15 is 0 Å². The average Bonchev–Trinajstić information content (AvgIpc) is 3.49. The molecule has 0 bridgehead atoms. The molecule has 1 aliphatic carbocycles.